The third-order valence-electron chi connectivity index (χ3n) is 5.83. The van der Waals surface area contributed by atoms with Gasteiger partial charge in [-0.25, -0.2) is 0 Å². The van der Waals surface area contributed by atoms with Gasteiger partial charge in [0.05, 0.1) is 0 Å². The van der Waals surface area contributed by atoms with Crippen molar-refractivity contribution in [3.05, 3.63) is 0 Å². The van der Waals surface area contributed by atoms with E-state index in [1.165, 1.54) is 123 Å². The molecule has 0 aromatic carbocycles. The van der Waals surface area contributed by atoms with Gasteiger partial charge in [-0.1, -0.05) is 48.0 Å². The highest BCUT2D eigenvalue weighted by atomic mass is 15.1. The fourth-order valence-electron chi connectivity index (χ4n) is 4.12. The molecule has 2 heterocycles. The van der Waals surface area contributed by atoms with E-state index in [9.17, 15) is 0 Å². The largest absolute Gasteiger partial charge is 0.309 e. The van der Waals surface area contributed by atoms with E-state index < -0.39 is 0 Å². The first kappa shape index (κ1) is 33.0. The molecule has 0 N–H and O–H groups in total. The van der Waals surface area contributed by atoms with E-state index in [0.717, 1.165) is 0 Å². The highest BCUT2D eigenvalue weighted by molar-refractivity contribution is 4.64. The van der Waals surface area contributed by atoms with Gasteiger partial charge in [0.2, 0.25) is 0 Å². The Labute approximate surface area is 198 Å². The van der Waals surface area contributed by atoms with Crippen LogP contribution in [0.4, 0.5) is 0 Å². The van der Waals surface area contributed by atoms with Gasteiger partial charge >= 0.3 is 0 Å². The van der Waals surface area contributed by atoms with Crippen molar-refractivity contribution in [3.63, 3.8) is 0 Å². The minimum absolute atomic E-state index is 1.20. The second-order valence-corrected chi connectivity index (χ2v) is 9.28. The van der Waals surface area contributed by atoms with E-state index in [1.54, 1.807) is 0 Å². The first-order valence-corrected chi connectivity index (χ1v) is 13.8. The number of nitrogens with zero attached hydrogens (tertiary/aromatic N) is 4. The summed E-state index contributed by atoms with van der Waals surface area (Å²) in [4.78, 5) is 9.73. The standard InChI is InChI=1S/C8H17N.C7H15N.C7H17N.C5H13N/c1-2-6-9-7-4-3-5-8-9;1-2-5-8-6-3-4-7-8;1-4-7-8(5-2)6-3;1-4-5-6(2)3/h2-8H2,1H3;2-7H2,1H3;4-7H2,1-3H3;4-5H2,1-3H3. The van der Waals surface area contributed by atoms with Gasteiger partial charge in [0.1, 0.15) is 0 Å². The molecule has 0 bridgehead atoms. The molecule has 0 saturated carbocycles. The van der Waals surface area contributed by atoms with E-state index in [0.29, 0.717) is 0 Å². The third kappa shape index (κ3) is 24.3. The molecule has 2 rings (SSSR count). The Bertz CT molecular complexity index is 300. The van der Waals surface area contributed by atoms with Crippen molar-refractivity contribution in [2.45, 2.75) is 99.3 Å². The number of hydrogen-bond acceptors (Lipinski definition) is 4. The third-order valence-corrected chi connectivity index (χ3v) is 5.83. The molecule has 0 unspecified atom stereocenters. The zero-order valence-electron chi connectivity index (χ0n) is 23.2. The average Bonchev–Trinajstić information content (AvgIpc) is 3.28. The monoisotopic (exact) mass is 442 g/mol. The van der Waals surface area contributed by atoms with Crippen molar-refractivity contribution >= 4 is 0 Å². The minimum atomic E-state index is 1.20. The summed E-state index contributed by atoms with van der Waals surface area (Å²) in [7, 11) is 4.17. The fraction of sp³-hybridized carbons (Fsp3) is 1.00. The highest BCUT2D eigenvalue weighted by Gasteiger charge is 2.08. The lowest BCUT2D eigenvalue weighted by Crippen LogP contribution is -2.30. The molecule has 2 aliphatic rings. The van der Waals surface area contributed by atoms with Crippen LogP contribution >= 0.6 is 0 Å². The summed E-state index contributed by atoms with van der Waals surface area (Å²) < 4.78 is 0. The van der Waals surface area contributed by atoms with Gasteiger partial charge < -0.3 is 19.6 Å². The number of piperidine rings is 1. The summed E-state index contributed by atoms with van der Waals surface area (Å²) >= 11 is 0. The Morgan fingerprint density at radius 3 is 1.13 bits per heavy atom. The van der Waals surface area contributed by atoms with Crippen LogP contribution in [0.15, 0.2) is 0 Å². The lowest BCUT2D eigenvalue weighted by atomic mass is 10.1. The first-order valence-electron chi connectivity index (χ1n) is 13.8. The molecule has 190 valence electrons. The Morgan fingerprint density at radius 2 is 0.903 bits per heavy atom. The van der Waals surface area contributed by atoms with Gasteiger partial charge in [0, 0.05) is 0 Å². The van der Waals surface area contributed by atoms with Crippen LogP contribution in [0.25, 0.3) is 0 Å². The van der Waals surface area contributed by atoms with Gasteiger partial charge in [0.25, 0.3) is 0 Å². The zero-order valence-corrected chi connectivity index (χ0v) is 23.2. The van der Waals surface area contributed by atoms with Crippen LogP contribution in [0.3, 0.4) is 0 Å². The molecule has 2 fully saturated rings. The molecule has 0 radical (unpaired) electrons. The van der Waals surface area contributed by atoms with E-state index >= 15 is 0 Å². The van der Waals surface area contributed by atoms with Crippen molar-refractivity contribution < 1.29 is 0 Å². The van der Waals surface area contributed by atoms with Crippen LogP contribution in [0.2, 0.25) is 0 Å². The second kappa shape index (κ2) is 26.1. The molecule has 4 heteroatoms. The summed E-state index contributed by atoms with van der Waals surface area (Å²) in [5, 5.41) is 0. The molecule has 2 aliphatic heterocycles. The Morgan fingerprint density at radius 1 is 0.516 bits per heavy atom. The number of hydrogen-bond donors (Lipinski definition) is 0. The summed E-state index contributed by atoms with van der Waals surface area (Å²) in [6, 6.07) is 0. The van der Waals surface area contributed by atoms with Crippen LogP contribution in [-0.2, 0) is 0 Å². The molecule has 0 aliphatic carbocycles. The molecule has 0 aromatic heterocycles. The Kier molecular flexibility index (Phi) is 27.8. The predicted molar refractivity (Wildman–Crippen MR) is 143 cm³/mol. The van der Waals surface area contributed by atoms with Crippen LogP contribution in [0.1, 0.15) is 99.3 Å². The van der Waals surface area contributed by atoms with Gasteiger partial charge in [-0.15, -0.1) is 0 Å². The topological polar surface area (TPSA) is 13.0 Å². The fourth-order valence-corrected chi connectivity index (χ4v) is 4.12. The molecule has 4 nitrogen and oxygen atoms in total. The van der Waals surface area contributed by atoms with E-state index in [-0.39, 0.29) is 0 Å². The molecular formula is C27H62N4. The van der Waals surface area contributed by atoms with Crippen LogP contribution in [-0.4, -0.2) is 99.1 Å². The smallest absolute Gasteiger partial charge is 0.00183 e. The van der Waals surface area contributed by atoms with Crippen LogP contribution in [0.5, 0.6) is 0 Å². The number of rotatable bonds is 10. The van der Waals surface area contributed by atoms with Crippen LogP contribution < -0.4 is 0 Å². The lowest BCUT2D eigenvalue weighted by molar-refractivity contribution is 0.229. The van der Waals surface area contributed by atoms with E-state index in [1.807, 2.05) is 0 Å². The summed E-state index contributed by atoms with van der Waals surface area (Å²) in [6.45, 7) is 26.2. The second-order valence-electron chi connectivity index (χ2n) is 9.28. The lowest BCUT2D eigenvalue weighted by Gasteiger charge is -2.25. The number of likely N-dealkylation sites (tertiary alicyclic amines) is 2. The molecule has 2 saturated heterocycles. The molecule has 0 spiro atoms. The van der Waals surface area contributed by atoms with Crippen molar-refractivity contribution in [1.82, 2.24) is 19.6 Å². The first-order chi connectivity index (χ1) is 15.0. The van der Waals surface area contributed by atoms with Crippen molar-refractivity contribution in [1.29, 1.82) is 0 Å². The summed E-state index contributed by atoms with van der Waals surface area (Å²) in [6.07, 6.45) is 12.4. The normalized spacial score (nSPS) is 16.8. The van der Waals surface area contributed by atoms with Gasteiger partial charge in [-0.05, 0) is 131 Å². The van der Waals surface area contributed by atoms with E-state index in [2.05, 4.69) is 75.2 Å². The maximum absolute atomic E-state index is 2.57. The summed E-state index contributed by atoms with van der Waals surface area (Å²) in [5.74, 6) is 0. The molecule has 31 heavy (non-hydrogen) atoms. The van der Waals surface area contributed by atoms with Crippen molar-refractivity contribution in [2.75, 3.05) is 79.5 Å². The zero-order chi connectivity index (χ0) is 23.7. The molecular weight excluding hydrogens is 380 g/mol. The maximum Gasteiger partial charge on any atom is -0.00183 e. The van der Waals surface area contributed by atoms with Crippen molar-refractivity contribution in [3.8, 4) is 0 Å². The van der Waals surface area contributed by atoms with Gasteiger partial charge in [-0.3, -0.25) is 0 Å². The quantitative estimate of drug-likeness (QED) is 0.407. The Hall–Kier alpha value is -0.160. The summed E-state index contributed by atoms with van der Waals surface area (Å²) in [5.41, 5.74) is 0. The van der Waals surface area contributed by atoms with Crippen LogP contribution in [0, 0.1) is 0 Å². The maximum atomic E-state index is 2.57. The van der Waals surface area contributed by atoms with E-state index in [4.69, 9.17) is 0 Å². The highest BCUT2D eigenvalue weighted by Crippen LogP contribution is 2.08. The molecule has 0 aromatic rings. The SMILES string of the molecule is CCCN(C)C.CCCN(CC)CC.CCCN1CCCC1.CCCN1CCCCC1. The molecule has 0 amide bonds. The van der Waals surface area contributed by atoms with Crippen molar-refractivity contribution in [2.24, 2.45) is 0 Å². The van der Waals surface area contributed by atoms with Gasteiger partial charge in [-0.2, -0.15) is 0 Å². The average molecular weight is 443 g/mol. The Balaban J connectivity index is 0. The van der Waals surface area contributed by atoms with Gasteiger partial charge in [0.15, 0.2) is 0 Å². The minimum Gasteiger partial charge on any atom is -0.309 e. The predicted octanol–water partition coefficient (Wildman–Crippen LogP) is 6.07. The molecule has 0 atom stereocenters.